The molecular formula is C16H20N2O3. The van der Waals surface area contributed by atoms with Crippen molar-refractivity contribution in [2.24, 2.45) is 0 Å². The maximum atomic E-state index is 11.5. The first-order valence-electron chi connectivity index (χ1n) is 7.12. The topological polar surface area (TPSA) is 64.4 Å². The van der Waals surface area contributed by atoms with E-state index in [1.165, 1.54) is 11.8 Å². The number of nitrogens with zero attached hydrogens (tertiary/aromatic N) is 1. The Labute approximate surface area is 124 Å². The predicted molar refractivity (Wildman–Crippen MR) is 80.4 cm³/mol. The first kappa shape index (κ1) is 15.1. The molecule has 0 aliphatic rings. The molecule has 0 spiro atoms. The third-order valence-electron chi connectivity index (χ3n) is 3.21. The number of nitrogens with one attached hydrogen (secondary N) is 1. The average molecular weight is 288 g/mol. The molecule has 0 fully saturated rings. The van der Waals surface area contributed by atoms with E-state index in [4.69, 9.17) is 9.15 Å². The van der Waals surface area contributed by atoms with Crippen LogP contribution in [0.3, 0.4) is 0 Å². The Morgan fingerprint density at radius 2 is 2.14 bits per heavy atom. The van der Waals surface area contributed by atoms with Crippen LogP contribution < -0.4 is 5.32 Å². The molecule has 1 heterocycles. The molecule has 0 saturated heterocycles. The monoisotopic (exact) mass is 288 g/mol. The standard InChI is InChI=1S/C16H20N2O3/c1-3-20-15(19)14-11-21-16(18-14)17-10-9-12(2)13-7-5-4-6-8-13/h4-8,11-12H,3,9-10H2,1-2H3,(H,17,18). The summed E-state index contributed by atoms with van der Waals surface area (Å²) in [7, 11) is 0. The van der Waals surface area contributed by atoms with E-state index in [1.807, 2.05) is 18.2 Å². The van der Waals surface area contributed by atoms with Gasteiger partial charge in [0.1, 0.15) is 6.26 Å². The highest BCUT2D eigenvalue weighted by Crippen LogP contribution is 2.18. The Balaban J connectivity index is 1.80. The normalized spacial score (nSPS) is 11.9. The van der Waals surface area contributed by atoms with Gasteiger partial charge in [-0.3, -0.25) is 0 Å². The Morgan fingerprint density at radius 3 is 2.86 bits per heavy atom. The van der Waals surface area contributed by atoms with Gasteiger partial charge in [-0.2, -0.15) is 4.98 Å². The van der Waals surface area contributed by atoms with Crippen molar-refractivity contribution in [3.8, 4) is 0 Å². The molecule has 2 rings (SSSR count). The molecule has 0 amide bonds. The smallest absolute Gasteiger partial charge is 0.360 e. The number of hydrogen-bond donors (Lipinski definition) is 1. The molecular weight excluding hydrogens is 268 g/mol. The zero-order chi connectivity index (χ0) is 15.1. The summed E-state index contributed by atoms with van der Waals surface area (Å²) in [6, 6.07) is 10.7. The van der Waals surface area contributed by atoms with Crippen molar-refractivity contribution in [3.05, 3.63) is 47.9 Å². The summed E-state index contributed by atoms with van der Waals surface area (Å²) in [4.78, 5) is 15.5. The molecule has 0 aliphatic carbocycles. The van der Waals surface area contributed by atoms with E-state index in [1.54, 1.807) is 6.92 Å². The number of benzene rings is 1. The van der Waals surface area contributed by atoms with Crippen molar-refractivity contribution in [1.29, 1.82) is 0 Å². The number of oxazole rings is 1. The van der Waals surface area contributed by atoms with Gasteiger partial charge in [-0.05, 0) is 24.8 Å². The summed E-state index contributed by atoms with van der Waals surface area (Å²) in [6.07, 6.45) is 2.25. The molecule has 0 saturated carbocycles. The predicted octanol–water partition coefficient (Wildman–Crippen LogP) is 3.46. The zero-order valence-electron chi connectivity index (χ0n) is 12.3. The van der Waals surface area contributed by atoms with Crippen molar-refractivity contribution in [2.75, 3.05) is 18.5 Å². The number of carbonyl (C=O) groups is 1. The number of hydrogen-bond acceptors (Lipinski definition) is 5. The number of esters is 1. The number of anilines is 1. The Hall–Kier alpha value is -2.30. The van der Waals surface area contributed by atoms with Crippen molar-refractivity contribution in [1.82, 2.24) is 4.98 Å². The lowest BCUT2D eigenvalue weighted by molar-refractivity contribution is 0.0519. The van der Waals surface area contributed by atoms with E-state index in [-0.39, 0.29) is 5.69 Å². The number of aromatic nitrogens is 1. The van der Waals surface area contributed by atoms with Gasteiger partial charge in [0.15, 0.2) is 5.69 Å². The molecule has 1 unspecified atom stereocenters. The Kier molecular flexibility index (Phi) is 5.37. The van der Waals surface area contributed by atoms with Crippen LogP contribution >= 0.6 is 0 Å². The fraction of sp³-hybridized carbons (Fsp3) is 0.375. The van der Waals surface area contributed by atoms with E-state index in [0.29, 0.717) is 18.5 Å². The van der Waals surface area contributed by atoms with Crippen molar-refractivity contribution in [2.45, 2.75) is 26.2 Å². The minimum absolute atomic E-state index is 0.190. The molecule has 5 nitrogen and oxygen atoms in total. The lowest BCUT2D eigenvalue weighted by atomic mass is 9.98. The first-order valence-corrected chi connectivity index (χ1v) is 7.12. The van der Waals surface area contributed by atoms with Gasteiger partial charge >= 0.3 is 5.97 Å². The van der Waals surface area contributed by atoms with Gasteiger partial charge in [-0.25, -0.2) is 4.79 Å². The van der Waals surface area contributed by atoms with Crippen LogP contribution in [0.1, 0.15) is 42.2 Å². The van der Waals surface area contributed by atoms with Crippen molar-refractivity contribution in [3.63, 3.8) is 0 Å². The van der Waals surface area contributed by atoms with Crippen LogP contribution in [0.25, 0.3) is 0 Å². The van der Waals surface area contributed by atoms with Crippen molar-refractivity contribution < 1.29 is 13.9 Å². The van der Waals surface area contributed by atoms with Crippen LogP contribution in [0.5, 0.6) is 0 Å². The molecule has 0 bridgehead atoms. The van der Waals surface area contributed by atoms with Crippen LogP contribution in [0, 0.1) is 0 Å². The van der Waals surface area contributed by atoms with Crippen LogP contribution in [0.2, 0.25) is 0 Å². The quantitative estimate of drug-likeness (QED) is 0.790. The highest BCUT2D eigenvalue weighted by Gasteiger charge is 2.13. The highest BCUT2D eigenvalue weighted by molar-refractivity contribution is 5.87. The third kappa shape index (κ3) is 4.34. The summed E-state index contributed by atoms with van der Waals surface area (Å²) in [5.74, 6) is -0.0230. The number of carbonyl (C=O) groups excluding carboxylic acids is 1. The molecule has 0 aliphatic heterocycles. The van der Waals surface area contributed by atoms with Gasteiger partial charge in [0, 0.05) is 6.54 Å². The molecule has 1 aromatic carbocycles. The second-order valence-electron chi connectivity index (χ2n) is 4.79. The second-order valence-corrected chi connectivity index (χ2v) is 4.79. The minimum atomic E-state index is -0.466. The van der Waals surface area contributed by atoms with Crippen LogP contribution in [-0.2, 0) is 4.74 Å². The lowest BCUT2D eigenvalue weighted by Crippen LogP contribution is -2.08. The largest absolute Gasteiger partial charge is 0.461 e. The van der Waals surface area contributed by atoms with Gasteiger partial charge in [-0.1, -0.05) is 37.3 Å². The van der Waals surface area contributed by atoms with Crippen LogP contribution in [0.15, 0.2) is 41.0 Å². The maximum absolute atomic E-state index is 11.5. The van der Waals surface area contributed by atoms with E-state index >= 15 is 0 Å². The molecule has 5 heteroatoms. The van der Waals surface area contributed by atoms with E-state index in [9.17, 15) is 4.79 Å². The highest BCUT2D eigenvalue weighted by atomic mass is 16.5. The summed E-state index contributed by atoms with van der Waals surface area (Å²) in [6.45, 7) is 4.97. The van der Waals surface area contributed by atoms with E-state index in [2.05, 4.69) is 29.4 Å². The lowest BCUT2D eigenvalue weighted by Gasteiger charge is -2.11. The number of ether oxygens (including phenoxy) is 1. The minimum Gasteiger partial charge on any atom is -0.461 e. The molecule has 1 atom stereocenters. The van der Waals surface area contributed by atoms with E-state index < -0.39 is 5.97 Å². The van der Waals surface area contributed by atoms with Crippen LogP contribution in [0.4, 0.5) is 6.01 Å². The number of rotatable bonds is 7. The summed E-state index contributed by atoms with van der Waals surface area (Å²) in [5.41, 5.74) is 1.49. The van der Waals surface area contributed by atoms with E-state index in [0.717, 1.165) is 13.0 Å². The molecule has 21 heavy (non-hydrogen) atoms. The summed E-state index contributed by atoms with van der Waals surface area (Å²) < 4.78 is 10.0. The molecule has 2 aromatic rings. The van der Waals surface area contributed by atoms with Gasteiger partial charge < -0.3 is 14.5 Å². The van der Waals surface area contributed by atoms with Crippen LogP contribution in [-0.4, -0.2) is 24.1 Å². The third-order valence-corrected chi connectivity index (χ3v) is 3.21. The van der Waals surface area contributed by atoms with Gasteiger partial charge in [-0.15, -0.1) is 0 Å². The summed E-state index contributed by atoms with van der Waals surface area (Å²) >= 11 is 0. The van der Waals surface area contributed by atoms with Gasteiger partial charge in [0.2, 0.25) is 0 Å². The first-order chi connectivity index (χ1) is 10.2. The molecule has 1 aromatic heterocycles. The fourth-order valence-electron chi connectivity index (χ4n) is 2.00. The van der Waals surface area contributed by atoms with Gasteiger partial charge in [0.25, 0.3) is 6.01 Å². The Bertz CT molecular complexity index is 566. The average Bonchev–Trinajstić information content (AvgIpc) is 2.97. The fourth-order valence-corrected chi connectivity index (χ4v) is 2.00. The zero-order valence-corrected chi connectivity index (χ0v) is 12.3. The molecule has 0 radical (unpaired) electrons. The molecule has 1 N–H and O–H groups in total. The summed E-state index contributed by atoms with van der Waals surface area (Å²) in [5, 5.41) is 3.08. The Morgan fingerprint density at radius 1 is 1.38 bits per heavy atom. The SMILES string of the molecule is CCOC(=O)c1coc(NCCC(C)c2ccccc2)n1. The van der Waals surface area contributed by atoms with Gasteiger partial charge in [0.05, 0.1) is 6.61 Å². The van der Waals surface area contributed by atoms with Crippen molar-refractivity contribution >= 4 is 12.0 Å². The second kappa shape index (κ2) is 7.47. The maximum Gasteiger partial charge on any atom is 0.360 e. The molecule has 112 valence electrons.